The number of amides is 1. The van der Waals surface area contributed by atoms with E-state index in [1.165, 1.54) is 19.2 Å². The lowest BCUT2D eigenvalue weighted by Crippen LogP contribution is -2.44. The molecule has 1 aliphatic heterocycles. The molecule has 156 valence electrons. The van der Waals surface area contributed by atoms with Crippen molar-refractivity contribution in [2.45, 2.75) is 4.90 Å². The lowest BCUT2D eigenvalue weighted by atomic mass is 10.2. The first-order valence-corrected chi connectivity index (χ1v) is 11.5. The molecule has 0 aromatic heterocycles. The molecular formula is C20H25BrN4O3S. The summed E-state index contributed by atoms with van der Waals surface area (Å²) >= 11 is 3.28. The van der Waals surface area contributed by atoms with Crippen LogP contribution in [0.3, 0.4) is 0 Å². The van der Waals surface area contributed by atoms with Crippen LogP contribution in [0.25, 0.3) is 0 Å². The summed E-state index contributed by atoms with van der Waals surface area (Å²) < 4.78 is 27.0. The maximum Gasteiger partial charge on any atom is 0.243 e. The highest BCUT2D eigenvalue weighted by molar-refractivity contribution is 9.10. The summed E-state index contributed by atoms with van der Waals surface area (Å²) in [5.41, 5.74) is 1.76. The molecule has 0 radical (unpaired) electrons. The molecule has 29 heavy (non-hydrogen) atoms. The highest BCUT2D eigenvalue weighted by Gasteiger charge is 2.23. The van der Waals surface area contributed by atoms with Crippen LogP contribution in [0.5, 0.6) is 0 Å². The SMILES string of the molecule is CN1CCN(c2ccc(NC(=O)CN(C)S(=O)(=O)c3ccc(Br)cc3)cc2)CC1. The van der Waals surface area contributed by atoms with Crippen molar-refractivity contribution in [2.24, 2.45) is 0 Å². The van der Waals surface area contributed by atoms with E-state index in [0.29, 0.717) is 5.69 Å². The van der Waals surface area contributed by atoms with Crippen molar-refractivity contribution in [1.82, 2.24) is 9.21 Å². The lowest BCUT2D eigenvalue weighted by molar-refractivity contribution is -0.116. The molecule has 1 N–H and O–H groups in total. The molecule has 0 unspecified atom stereocenters. The van der Waals surface area contributed by atoms with Crippen LogP contribution in [-0.4, -0.2) is 70.3 Å². The number of sulfonamides is 1. The van der Waals surface area contributed by atoms with Gasteiger partial charge in [0, 0.05) is 49.1 Å². The minimum Gasteiger partial charge on any atom is -0.369 e. The quantitative estimate of drug-likeness (QED) is 0.687. The number of hydrogen-bond acceptors (Lipinski definition) is 5. The molecule has 2 aromatic rings. The predicted molar refractivity (Wildman–Crippen MR) is 119 cm³/mol. The van der Waals surface area contributed by atoms with Crippen LogP contribution < -0.4 is 10.2 Å². The second-order valence-electron chi connectivity index (χ2n) is 7.10. The maximum absolute atomic E-state index is 12.6. The predicted octanol–water partition coefficient (Wildman–Crippen LogP) is 2.46. The summed E-state index contributed by atoms with van der Waals surface area (Å²) in [6.45, 7) is 3.73. The van der Waals surface area contributed by atoms with Gasteiger partial charge in [-0.3, -0.25) is 4.79 Å². The van der Waals surface area contributed by atoms with E-state index >= 15 is 0 Å². The van der Waals surface area contributed by atoms with Crippen LogP contribution in [0.15, 0.2) is 57.9 Å². The van der Waals surface area contributed by atoms with E-state index in [1.807, 2.05) is 24.3 Å². The van der Waals surface area contributed by atoms with E-state index in [-0.39, 0.29) is 17.3 Å². The summed E-state index contributed by atoms with van der Waals surface area (Å²) in [7, 11) is -0.217. The molecule has 0 atom stereocenters. The Morgan fingerprint density at radius 1 is 1.03 bits per heavy atom. The fourth-order valence-corrected chi connectivity index (χ4v) is 4.49. The number of carbonyl (C=O) groups excluding carboxylic acids is 1. The van der Waals surface area contributed by atoms with Gasteiger partial charge in [0.15, 0.2) is 0 Å². The van der Waals surface area contributed by atoms with Crippen molar-refractivity contribution >= 4 is 43.2 Å². The smallest absolute Gasteiger partial charge is 0.243 e. The van der Waals surface area contributed by atoms with Crippen molar-refractivity contribution < 1.29 is 13.2 Å². The Morgan fingerprint density at radius 3 is 2.21 bits per heavy atom. The molecule has 3 rings (SSSR count). The van der Waals surface area contributed by atoms with E-state index < -0.39 is 10.0 Å². The highest BCUT2D eigenvalue weighted by atomic mass is 79.9. The summed E-state index contributed by atoms with van der Waals surface area (Å²) in [6, 6.07) is 14.0. The molecule has 0 saturated carbocycles. The number of benzene rings is 2. The zero-order chi connectivity index (χ0) is 21.0. The third-order valence-corrected chi connectivity index (χ3v) is 7.25. The monoisotopic (exact) mass is 480 g/mol. The van der Waals surface area contributed by atoms with Gasteiger partial charge in [0.05, 0.1) is 11.4 Å². The van der Waals surface area contributed by atoms with Gasteiger partial charge in [-0.25, -0.2) is 8.42 Å². The molecule has 7 nitrogen and oxygen atoms in total. The summed E-state index contributed by atoms with van der Waals surface area (Å²) in [5, 5.41) is 2.76. The molecule has 1 heterocycles. The van der Waals surface area contributed by atoms with Gasteiger partial charge in [-0.1, -0.05) is 15.9 Å². The van der Waals surface area contributed by atoms with Crippen LogP contribution in [0.4, 0.5) is 11.4 Å². The topological polar surface area (TPSA) is 73.0 Å². The van der Waals surface area contributed by atoms with E-state index in [9.17, 15) is 13.2 Å². The van der Waals surface area contributed by atoms with Gasteiger partial charge in [-0.2, -0.15) is 4.31 Å². The zero-order valence-electron chi connectivity index (χ0n) is 16.5. The van der Waals surface area contributed by atoms with E-state index in [2.05, 4.69) is 38.1 Å². The first-order chi connectivity index (χ1) is 13.8. The van der Waals surface area contributed by atoms with Crippen molar-refractivity contribution in [2.75, 3.05) is 57.0 Å². The summed E-state index contributed by atoms with van der Waals surface area (Å²) in [4.78, 5) is 17.1. The number of hydrogen-bond donors (Lipinski definition) is 1. The minimum absolute atomic E-state index is 0.146. The van der Waals surface area contributed by atoms with E-state index in [0.717, 1.165) is 40.6 Å². The molecule has 1 saturated heterocycles. The van der Waals surface area contributed by atoms with Crippen LogP contribution in [0, 0.1) is 0 Å². The molecule has 2 aromatic carbocycles. The molecule has 1 aliphatic rings. The number of nitrogens with one attached hydrogen (secondary N) is 1. The summed E-state index contributed by atoms with van der Waals surface area (Å²) in [6.07, 6.45) is 0. The van der Waals surface area contributed by atoms with Gasteiger partial charge in [-0.15, -0.1) is 0 Å². The van der Waals surface area contributed by atoms with Gasteiger partial charge in [0.1, 0.15) is 0 Å². The fourth-order valence-electron chi connectivity index (χ4n) is 3.09. The Labute approximate surface area is 180 Å². The number of rotatable bonds is 6. The minimum atomic E-state index is -3.73. The first-order valence-electron chi connectivity index (χ1n) is 9.31. The Balaban J connectivity index is 1.58. The normalized spacial score (nSPS) is 15.5. The molecule has 0 aliphatic carbocycles. The van der Waals surface area contributed by atoms with Crippen LogP contribution in [0.1, 0.15) is 0 Å². The number of likely N-dealkylation sites (N-methyl/N-ethyl adjacent to an activating group) is 2. The summed E-state index contributed by atoms with van der Waals surface area (Å²) in [5.74, 6) is -0.388. The average Bonchev–Trinajstić information content (AvgIpc) is 2.69. The Morgan fingerprint density at radius 2 is 1.62 bits per heavy atom. The lowest BCUT2D eigenvalue weighted by Gasteiger charge is -2.34. The second-order valence-corrected chi connectivity index (χ2v) is 10.1. The zero-order valence-corrected chi connectivity index (χ0v) is 18.9. The Bertz CT molecular complexity index is 941. The van der Waals surface area contributed by atoms with Gasteiger partial charge in [0.2, 0.25) is 15.9 Å². The molecule has 0 bridgehead atoms. The number of anilines is 2. The largest absolute Gasteiger partial charge is 0.369 e. The highest BCUT2D eigenvalue weighted by Crippen LogP contribution is 2.20. The standard InChI is InChI=1S/C20H25BrN4O3S/c1-23-11-13-25(14-12-23)18-7-5-17(6-8-18)22-20(26)15-24(2)29(27,28)19-9-3-16(21)4-10-19/h3-10H,11-15H2,1-2H3,(H,22,26). The third kappa shape index (κ3) is 5.57. The Kier molecular flexibility index (Phi) is 6.94. The number of halogens is 1. The first kappa shape index (κ1) is 21.8. The van der Waals surface area contributed by atoms with Gasteiger partial charge in [-0.05, 0) is 55.6 Å². The van der Waals surface area contributed by atoms with E-state index in [4.69, 9.17) is 0 Å². The van der Waals surface area contributed by atoms with Crippen LogP contribution >= 0.6 is 15.9 Å². The van der Waals surface area contributed by atoms with Crippen molar-refractivity contribution in [3.05, 3.63) is 53.0 Å². The molecule has 9 heteroatoms. The van der Waals surface area contributed by atoms with Gasteiger partial charge in [0.25, 0.3) is 0 Å². The third-order valence-electron chi connectivity index (χ3n) is 4.91. The molecular weight excluding hydrogens is 456 g/mol. The number of carbonyl (C=O) groups is 1. The van der Waals surface area contributed by atoms with Crippen molar-refractivity contribution in [3.8, 4) is 0 Å². The van der Waals surface area contributed by atoms with Crippen molar-refractivity contribution in [1.29, 1.82) is 0 Å². The molecule has 1 fully saturated rings. The number of piperazine rings is 1. The van der Waals surface area contributed by atoms with Crippen molar-refractivity contribution in [3.63, 3.8) is 0 Å². The average molecular weight is 481 g/mol. The Hall–Kier alpha value is -1.94. The number of nitrogens with zero attached hydrogens (tertiary/aromatic N) is 3. The molecule has 0 spiro atoms. The fraction of sp³-hybridized carbons (Fsp3) is 0.350. The van der Waals surface area contributed by atoms with E-state index in [1.54, 1.807) is 12.1 Å². The second kappa shape index (κ2) is 9.25. The van der Waals surface area contributed by atoms with Crippen LogP contribution in [-0.2, 0) is 14.8 Å². The van der Waals surface area contributed by atoms with Gasteiger partial charge < -0.3 is 15.1 Å². The molecule has 1 amide bonds. The van der Waals surface area contributed by atoms with Crippen LogP contribution in [0.2, 0.25) is 0 Å². The van der Waals surface area contributed by atoms with Gasteiger partial charge >= 0.3 is 0 Å². The maximum atomic E-state index is 12.6.